The molecule has 0 aliphatic carbocycles. The van der Waals surface area contributed by atoms with Crippen LogP contribution in [-0.2, 0) is 16.1 Å². The number of amidine groups is 1. The van der Waals surface area contributed by atoms with Crippen LogP contribution in [0, 0.1) is 13.8 Å². The van der Waals surface area contributed by atoms with Gasteiger partial charge in [0.1, 0.15) is 11.4 Å². The number of amides is 3. The Morgan fingerprint density at radius 1 is 1.32 bits per heavy atom. The Labute approximate surface area is 146 Å². The van der Waals surface area contributed by atoms with Gasteiger partial charge in [0, 0.05) is 7.05 Å². The van der Waals surface area contributed by atoms with E-state index < -0.39 is 24.0 Å². The van der Waals surface area contributed by atoms with Gasteiger partial charge in [0.05, 0.1) is 12.6 Å². The highest BCUT2D eigenvalue weighted by Crippen LogP contribution is 2.35. The fraction of sp³-hybridized carbons (Fsp3) is 0.588. The van der Waals surface area contributed by atoms with E-state index in [9.17, 15) is 14.4 Å². The number of urea groups is 1. The monoisotopic (exact) mass is 346 g/mol. The van der Waals surface area contributed by atoms with Crippen molar-refractivity contribution in [2.45, 2.75) is 59.7 Å². The quantitative estimate of drug-likeness (QED) is 0.770. The van der Waals surface area contributed by atoms with Crippen molar-refractivity contribution in [2.24, 2.45) is 4.99 Å². The van der Waals surface area contributed by atoms with Gasteiger partial charge in [-0.05, 0) is 34.1 Å². The molecule has 0 spiro atoms. The van der Waals surface area contributed by atoms with Crippen molar-refractivity contribution in [2.75, 3.05) is 7.05 Å². The standard InChI is InChI=1S/C17H24N5O3/c1-7-8-20-9(2)10(3)21-13-14(18-16(20)21)19(6)17(25)22(15(13)24)11(4)12(5)23/h11,13H,7-8H2,1-6H3/q+1. The molecule has 1 aromatic heterocycles. The summed E-state index contributed by atoms with van der Waals surface area (Å²) < 4.78 is 3.95. The average Bonchev–Trinajstić information content (AvgIpc) is 3.05. The molecule has 2 aliphatic heterocycles. The van der Waals surface area contributed by atoms with Crippen LogP contribution in [0.5, 0.6) is 0 Å². The molecule has 1 aromatic rings. The molecule has 1 saturated heterocycles. The third kappa shape index (κ3) is 2.23. The highest BCUT2D eigenvalue weighted by atomic mass is 16.2. The SMILES string of the molecule is CCC[n+]1c(C)c(C)n2c1N=C1C2C(=O)N(C(C)C(C)=O)C(=O)N1C. The van der Waals surface area contributed by atoms with Crippen molar-refractivity contribution in [3.63, 3.8) is 0 Å². The molecule has 3 rings (SSSR count). The molecule has 2 unspecified atom stereocenters. The van der Waals surface area contributed by atoms with Crippen molar-refractivity contribution < 1.29 is 19.0 Å². The molecule has 0 aromatic carbocycles. The van der Waals surface area contributed by atoms with Gasteiger partial charge < -0.3 is 0 Å². The number of imide groups is 1. The molecular weight excluding hydrogens is 322 g/mol. The summed E-state index contributed by atoms with van der Waals surface area (Å²) in [5, 5.41) is 0. The van der Waals surface area contributed by atoms with Crippen molar-refractivity contribution in [3.05, 3.63) is 11.4 Å². The van der Waals surface area contributed by atoms with Crippen LogP contribution in [-0.4, -0.2) is 51.0 Å². The number of carbonyl (C=O) groups is 3. The summed E-state index contributed by atoms with van der Waals surface area (Å²) in [5.74, 6) is 0.479. The van der Waals surface area contributed by atoms with Crippen molar-refractivity contribution >= 4 is 29.5 Å². The Morgan fingerprint density at radius 3 is 2.52 bits per heavy atom. The second-order valence-corrected chi connectivity index (χ2v) is 6.70. The number of aromatic nitrogens is 2. The van der Waals surface area contributed by atoms with Crippen molar-refractivity contribution in [1.29, 1.82) is 0 Å². The first-order valence-electron chi connectivity index (χ1n) is 8.53. The first-order valence-corrected chi connectivity index (χ1v) is 8.53. The molecule has 3 amide bonds. The number of nitrogens with zero attached hydrogens (tertiary/aromatic N) is 5. The fourth-order valence-corrected chi connectivity index (χ4v) is 3.50. The minimum Gasteiger partial charge on any atom is -0.298 e. The molecule has 0 bridgehead atoms. The number of hydrogen-bond donors (Lipinski definition) is 0. The summed E-state index contributed by atoms with van der Waals surface area (Å²) in [4.78, 5) is 44.6. The molecule has 0 saturated carbocycles. The van der Waals surface area contributed by atoms with Crippen LogP contribution in [0.2, 0.25) is 0 Å². The largest absolute Gasteiger partial charge is 0.402 e. The van der Waals surface area contributed by atoms with E-state index in [1.165, 1.54) is 11.8 Å². The maximum Gasteiger partial charge on any atom is 0.402 e. The number of rotatable bonds is 4. The molecule has 2 aliphatic rings. The van der Waals surface area contributed by atoms with E-state index in [4.69, 9.17) is 0 Å². The molecular formula is C17H24N5O3+. The van der Waals surface area contributed by atoms with Crippen LogP contribution < -0.4 is 4.57 Å². The van der Waals surface area contributed by atoms with Gasteiger partial charge in [0.25, 0.3) is 5.91 Å². The third-order valence-electron chi connectivity index (χ3n) is 5.19. The minimum atomic E-state index is -0.798. The third-order valence-corrected chi connectivity index (χ3v) is 5.19. The zero-order chi connectivity index (χ0) is 18.6. The van der Waals surface area contributed by atoms with E-state index in [-0.39, 0.29) is 5.78 Å². The van der Waals surface area contributed by atoms with Crippen LogP contribution in [0.3, 0.4) is 0 Å². The summed E-state index contributed by atoms with van der Waals surface area (Å²) in [6, 6.07) is -2.01. The predicted molar refractivity (Wildman–Crippen MR) is 90.7 cm³/mol. The number of likely N-dealkylation sites (N-methyl/N-ethyl adjacent to an activating group) is 1. The summed E-state index contributed by atoms with van der Waals surface area (Å²) in [6.07, 6.45) is 0.938. The van der Waals surface area contributed by atoms with Gasteiger partial charge in [-0.15, -0.1) is 0 Å². The van der Waals surface area contributed by atoms with Gasteiger partial charge in [-0.3, -0.25) is 14.5 Å². The molecule has 1 fully saturated rings. The highest BCUT2D eigenvalue weighted by Gasteiger charge is 2.55. The number of hydrogen-bond acceptors (Lipinski definition) is 4. The van der Waals surface area contributed by atoms with E-state index in [1.807, 2.05) is 18.4 Å². The van der Waals surface area contributed by atoms with Gasteiger partial charge in [-0.2, -0.15) is 0 Å². The second kappa shape index (κ2) is 5.79. The Kier molecular flexibility index (Phi) is 4.01. The molecule has 2 atom stereocenters. The highest BCUT2D eigenvalue weighted by molar-refractivity contribution is 6.21. The topological polar surface area (TPSA) is 78.9 Å². The van der Waals surface area contributed by atoms with Crippen LogP contribution in [0.15, 0.2) is 4.99 Å². The zero-order valence-electron chi connectivity index (χ0n) is 15.5. The fourth-order valence-electron chi connectivity index (χ4n) is 3.50. The lowest BCUT2D eigenvalue weighted by atomic mass is 10.1. The second-order valence-electron chi connectivity index (χ2n) is 6.70. The maximum absolute atomic E-state index is 13.1. The zero-order valence-corrected chi connectivity index (χ0v) is 15.5. The molecule has 25 heavy (non-hydrogen) atoms. The van der Waals surface area contributed by atoms with Crippen LogP contribution in [0.4, 0.5) is 10.7 Å². The minimum absolute atomic E-state index is 0.227. The maximum atomic E-state index is 13.1. The first-order chi connectivity index (χ1) is 11.7. The summed E-state index contributed by atoms with van der Waals surface area (Å²) in [7, 11) is 1.60. The molecule has 8 heteroatoms. The van der Waals surface area contributed by atoms with Gasteiger partial charge >= 0.3 is 12.0 Å². The normalized spacial score (nSPS) is 20.6. The number of ketones is 1. The molecule has 8 nitrogen and oxygen atoms in total. The van der Waals surface area contributed by atoms with E-state index >= 15 is 0 Å². The lowest BCUT2D eigenvalue weighted by Crippen LogP contribution is -2.61. The first kappa shape index (κ1) is 17.3. The van der Waals surface area contributed by atoms with E-state index in [0.717, 1.165) is 29.3 Å². The number of aliphatic imine (C=N–C) groups is 1. The average molecular weight is 346 g/mol. The van der Waals surface area contributed by atoms with E-state index in [1.54, 1.807) is 14.0 Å². The van der Waals surface area contributed by atoms with E-state index in [0.29, 0.717) is 11.8 Å². The van der Waals surface area contributed by atoms with Crippen molar-refractivity contribution in [3.8, 4) is 0 Å². The predicted octanol–water partition coefficient (Wildman–Crippen LogP) is 1.26. The molecule has 0 radical (unpaired) electrons. The summed E-state index contributed by atoms with van der Waals surface area (Å²) in [5.41, 5.74) is 2.00. The number of imidazole rings is 1. The number of fused-ring (bicyclic) bond motifs is 3. The summed E-state index contributed by atoms with van der Waals surface area (Å²) >= 11 is 0. The van der Waals surface area contributed by atoms with Crippen LogP contribution in [0.25, 0.3) is 0 Å². The smallest absolute Gasteiger partial charge is 0.298 e. The number of carbonyl (C=O) groups excluding carboxylic acids is 3. The summed E-state index contributed by atoms with van der Waals surface area (Å²) in [6.45, 7) is 9.79. The lowest BCUT2D eigenvalue weighted by Gasteiger charge is -2.35. The van der Waals surface area contributed by atoms with E-state index in [2.05, 4.69) is 16.5 Å². The molecule has 3 heterocycles. The Morgan fingerprint density at radius 2 is 1.96 bits per heavy atom. The Bertz CT molecular complexity index is 823. The number of Topliss-reactive ketones (excluding diaryl/α,β-unsaturated/α-hetero) is 1. The van der Waals surface area contributed by atoms with Crippen molar-refractivity contribution in [1.82, 2.24) is 14.4 Å². The Balaban J connectivity index is 2.16. The lowest BCUT2D eigenvalue weighted by molar-refractivity contribution is -0.689. The molecule has 134 valence electrons. The van der Waals surface area contributed by atoms with Gasteiger partial charge in [-0.25, -0.2) is 18.8 Å². The van der Waals surface area contributed by atoms with Crippen LogP contribution >= 0.6 is 0 Å². The van der Waals surface area contributed by atoms with Crippen LogP contribution in [0.1, 0.15) is 44.6 Å². The molecule has 0 N–H and O–H groups in total. The van der Waals surface area contributed by atoms with Gasteiger partial charge in [-0.1, -0.05) is 11.9 Å². The van der Waals surface area contributed by atoms with Gasteiger partial charge in [0.2, 0.25) is 11.9 Å². The van der Waals surface area contributed by atoms with Gasteiger partial charge in [0.15, 0.2) is 5.78 Å². The Hall–Kier alpha value is -2.51.